The zero-order valence-corrected chi connectivity index (χ0v) is 10.4. The molecule has 0 bridgehead atoms. The van der Waals surface area contributed by atoms with Crippen molar-refractivity contribution in [2.45, 2.75) is 50.7 Å². The molecule has 3 rings (SSSR count). The summed E-state index contributed by atoms with van der Waals surface area (Å²) in [5.74, 6) is 0.523. The SMILES string of the molecule is CCC(O)(C1CC1)C1CCc2ccccc2N1. The van der Waals surface area contributed by atoms with Crippen molar-refractivity contribution in [2.75, 3.05) is 5.32 Å². The van der Waals surface area contributed by atoms with Gasteiger partial charge in [-0.15, -0.1) is 0 Å². The lowest BCUT2D eigenvalue weighted by atomic mass is 9.81. The van der Waals surface area contributed by atoms with Crippen molar-refractivity contribution in [2.24, 2.45) is 5.92 Å². The Morgan fingerprint density at radius 1 is 1.29 bits per heavy atom. The van der Waals surface area contributed by atoms with E-state index >= 15 is 0 Å². The normalized spacial score (nSPS) is 26.8. The zero-order valence-electron chi connectivity index (χ0n) is 10.4. The van der Waals surface area contributed by atoms with E-state index in [0.717, 1.165) is 19.3 Å². The number of aliphatic hydroxyl groups is 1. The molecule has 1 aliphatic heterocycles. The molecule has 1 aromatic carbocycles. The van der Waals surface area contributed by atoms with Crippen LogP contribution >= 0.6 is 0 Å². The van der Waals surface area contributed by atoms with E-state index in [0.29, 0.717) is 5.92 Å². The van der Waals surface area contributed by atoms with Crippen LogP contribution in [0, 0.1) is 5.92 Å². The number of hydrogen-bond donors (Lipinski definition) is 2. The van der Waals surface area contributed by atoms with E-state index < -0.39 is 5.60 Å². The summed E-state index contributed by atoms with van der Waals surface area (Å²) in [6, 6.07) is 8.70. The van der Waals surface area contributed by atoms with E-state index in [2.05, 4.69) is 36.5 Å². The Morgan fingerprint density at radius 2 is 2.06 bits per heavy atom. The molecule has 2 nitrogen and oxygen atoms in total. The van der Waals surface area contributed by atoms with Gasteiger partial charge in [0.25, 0.3) is 0 Å². The number of anilines is 1. The second kappa shape index (κ2) is 4.02. The van der Waals surface area contributed by atoms with Crippen LogP contribution in [-0.2, 0) is 6.42 Å². The molecule has 2 aliphatic rings. The van der Waals surface area contributed by atoms with E-state index in [4.69, 9.17) is 0 Å². The average Bonchev–Trinajstić information content (AvgIpc) is 3.22. The maximum Gasteiger partial charge on any atom is 0.0873 e. The molecule has 0 aromatic heterocycles. The van der Waals surface area contributed by atoms with Gasteiger partial charge in [-0.25, -0.2) is 0 Å². The third-order valence-corrected chi connectivity index (χ3v) is 4.50. The summed E-state index contributed by atoms with van der Waals surface area (Å²) in [5.41, 5.74) is 2.11. The molecule has 0 saturated heterocycles. The van der Waals surface area contributed by atoms with Crippen molar-refractivity contribution >= 4 is 5.69 Å². The van der Waals surface area contributed by atoms with Crippen molar-refractivity contribution < 1.29 is 5.11 Å². The second-order valence-electron chi connectivity index (χ2n) is 5.51. The number of nitrogens with one attached hydrogen (secondary N) is 1. The van der Waals surface area contributed by atoms with Gasteiger partial charge in [0, 0.05) is 5.69 Å². The Morgan fingerprint density at radius 3 is 2.76 bits per heavy atom. The molecule has 0 spiro atoms. The van der Waals surface area contributed by atoms with Crippen molar-refractivity contribution in [3.63, 3.8) is 0 Å². The van der Waals surface area contributed by atoms with Crippen LogP contribution in [0.15, 0.2) is 24.3 Å². The number of hydrogen-bond acceptors (Lipinski definition) is 2. The van der Waals surface area contributed by atoms with Crippen molar-refractivity contribution in [1.82, 2.24) is 0 Å². The van der Waals surface area contributed by atoms with E-state index in [1.165, 1.54) is 24.1 Å². The van der Waals surface area contributed by atoms with Gasteiger partial charge in [-0.05, 0) is 49.7 Å². The number of benzene rings is 1. The minimum Gasteiger partial charge on any atom is -0.387 e. The minimum atomic E-state index is -0.493. The van der Waals surface area contributed by atoms with Crippen LogP contribution in [0.1, 0.15) is 38.2 Å². The number of fused-ring (bicyclic) bond motifs is 1. The molecule has 2 atom stereocenters. The third-order valence-electron chi connectivity index (χ3n) is 4.50. The van der Waals surface area contributed by atoms with Gasteiger partial charge in [0.05, 0.1) is 11.6 Å². The lowest BCUT2D eigenvalue weighted by Crippen LogP contribution is -2.50. The smallest absolute Gasteiger partial charge is 0.0873 e. The van der Waals surface area contributed by atoms with Gasteiger partial charge in [-0.2, -0.15) is 0 Å². The van der Waals surface area contributed by atoms with Crippen LogP contribution < -0.4 is 5.32 Å². The van der Waals surface area contributed by atoms with Gasteiger partial charge in [0.2, 0.25) is 0 Å². The fraction of sp³-hybridized carbons (Fsp3) is 0.600. The summed E-state index contributed by atoms with van der Waals surface area (Å²) < 4.78 is 0. The highest BCUT2D eigenvalue weighted by Crippen LogP contribution is 2.46. The van der Waals surface area contributed by atoms with Crippen LogP contribution in [0.3, 0.4) is 0 Å². The molecule has 1 heterocycles. The van der Waals surface area contributed by atoms with Crippen molar-refractivity contribution in [3.05, 3.63) is 29.8 Å². The maximum absolute atomic E-state index is 10.8. The van der Waals surface area contributed by atoms with Gasteiger partial charge in [0.1, 0.15) is 0 Å². The predicted octanol–water partition coefficient (Wildman–Crippen LogP) is 2.96. The Kier molecular flexibility index (Phi) is 2.62. The third kappa shape index (κ3) is 1.85. The first-order chi connectivity index (χ1) is 8.24. The highest BCUT2D eigenvalue weighted by molar-refractivity contribution is 5.54. The predicted molar refractivity (Wildman–Crippen MR) is 70.1 cm³/mol. The average molecular weight is 231 g/mol. The van der Waals surface area contributed by atoms with Crippen LogP contribution in [-0.4, -0.2) is 16.7 Å². The standard InChI is InChI=1S/C15H21NO/c1-2-15(17,12-8-9-12)14-10-7-11-5-3-4-6-13(11)16-14/h3-6,12,14,16-17H,2,7-10H2,1H3. The van der Waals surface area contributed by atoms with Crippen LogP contribution in [0.4, 0.5) is 5.69 Å². The second-order valence-corrected chi connectivity index (χ2v) is 5.51. The van der Waals surface area contributed by atoms with Gasteiger partial charge in [0.15, 0.2) is 0 Å². The largest absolute Gasteiger partial charge is 0.387 e. The first-order valence-electron chi connectivity index (χ1n) is 6.81. The van der Waals surface area contributed by atoms with Crippen molar-refractivity contribution in [3.8, 4) is 0 Å². The van der Waals surface area contributed by atoms with Crippen molar-refractivity contribution in [1.29, 1.82) is 0 Å². The molecule has 0 radical (unpaired) electrons. The van der Waals surface area contributed by atoms with Gasteiger partial charge < -0.3 is 10.4 Å². The fourth-order valence-electron chi connectivity index (χ4n) is 3.22. The Hall–Kier alpha value is -1.02. The first-order valence-corrected chi connectivity index (χ1v) is 6.81. The van der Waals surface area contributed by atoms with Crippen LogP contribution in [0.2, 0.25) is 0 Å². The van der Waals surface area contributed by atoms with Gasteiger partial charge in [-0.1, -0.05) is 25.1 Å². The molecule has 0 amide bonds. The molecule has 92 valence electrons. The van der Waals surface area contributed by atoms with Crippen LogP contribution in [0.25, 0.3) is 0 Å². The van der Waals surface area contributed by atoms with E-state index in [1.807, 2.05) is 0 Å². The molecule has 1 saturated carbocycles. The summed E-state index contributed by atoms with van der Waals surface area (Å²) in [5, 5.41) is 14.4. The van der Waals surface area contributed by atoms with Gasteiger partial charge in [-0.3, -0.25) is 0 Å². The fourth-order valence-corrected chi connectivity index (χ4v) is 3.22. The number of para-hydroxylation sites is 1. The highest BCUT2D eigenvalue weighted by atomic mass is 16.3. The Labute approximate surface area is 103 Å². The summed E-state index contributed by atoms with van der Waals surface area (Å²) >= 11 is 0. The van der Waals surface area contributed by atoms with Crippen LogP contribution in [0.5, 0.6) is 0 Å². The quantitative estimate of drug-likeness (QED) is 0.838. The summed E-state index contributed by atoms with van der Waals surface area (Å²) in [7, 11) is 0. The summed E-state index contributed by atoms with van der Waals surface area (Å²) in [6.45, 7) is 2.11. The van der Waals surface area contributed by atoms with E-state index in [-0.39, 0.29) is 6.04 Å². The Bertz CT molecular complexity index is 413. The zero-order chi connectivity index (χ0) is 11.9. The Balaban J connectivity index is 1.83. The number of rotatable bonds is 3. The lowest BCUT2D eigenvalue weighted by Gasteiger charge is -2.40. The number of aryl methyl sites for hydroxylation is 1. The summed E-state index contributed by atoms with van der Waals surface area (Å²) in [4.78, 5) is 0. The van der Waals surface area contributed by atoms with E-state index in [1.54, 1.807) is 0 Å². The molecule has 1 aliphatic carbocycles. The maximum atomic E-state index is 10.8. The lowest BCUT2D eigenvalue weighted by molar-refractivity contribution is -0.00814. The molecule has 17 heavy (non-hydrogen) atoms. The first kappa shape index (κ1) is 11.1. The van der Waals surface area contributed by atoms with E-state index in [9.17, 15) is 5.11 Å². The molecular weight excluding hydrogens is 210 g/mol. The van der Waals surface area contributed by atoms with Gasteiger partial charge >= 0.3 is 0 Å². The molecule has 1 aromatic rings. The minimum absolute atomic E-state index is 0.231. The monoisotopic (exact) mass is 231 g/mol. The topological polar surface area (TPSA) is 32.3 Å². The molecular formula is C15H21NO. The summed E-state index contributed by atoms with van der Waals surface area (Å²) in [6.07, 6.45) is 5.40. The molecule has 1 fully saturated rings. The molecule has 2 N–H and O–H groups in total. The highest BCUT2D eigenvalue weighted by Gasteiger charge is 2.48. The molecule has 2 unspecified atom stereocenters. The molecule has 2 heteroatoms.